The van der Waals surface area contributed by atoms with Crippen LogP contribution in [0.25, 0.3) is 0 Å². The highest BCUT2D eigenvalue weighted by Gasteiger charge is 2.18. The van der Waals surface area contributed by atoms with Crippen molar-refractivity contribution in [3.63, 3.8) is 0 Å². The predicted octanol–water partition coefficient (Wildman–Crippen LogP) is 3.02. The van der Waals surface area contributed by atoms with Crippen LogP contribution >= 0.6 is 11.6 Å². The third-order valence-corrected chi connectivity index (χ3v) is 3.08. The molecule has 18 heavy (non-hydrogen) atoms. The lowest BCUT2D eigenvalue weighted by atomic mass is 10.1. The number of hydrogen-bond donors (Lipinski definition) is 1. The van der Waals surface area contributed by atoms with E-state index < -0.39 is 4.92 Å². The van der Waals surface area contributed by atoms with E-state index in [2.05, 4.69) is 5.32 Å². The van der Waals surface area contributed by atoms with Crippen LogP contribution in [0.3, 0.4) is 0 Å². The molecule has 0 spiro atoms. The molecule has 1 aromatic carbocycles. The molecule has 1 atom stereocenters. The van der Waals surface area contributed by atoms with Gasteiger partial charge in [0.25, 0.3) is 11.6 Å². The van der Waals surface area contributed by atoms with Crippen molar-refractivity contribution in [1.29, 1.82) is 0 Å². The Morgan fingerprint density at radius 3 is 2.50 bits per heavy atom. The maximum atomic E-state index is 11.9. The zero-order valence-corrected chi connectivity index (χ0v) is 11.2. The largest absolute Gasteiger partial charge is 0.349 e. The second kappa shape index (κ2) is 5.82. The van der Waals surface area contributed by atoms with Crippen LogP contribution < -0.4 is 5.32 Å². The van der Waals surface area contributed by atoms with Crippen LogP contribution in [0.1, 0.15) is 31.1 Å². The minimum atomic E-state index is -0.606. The van der Waals surface area contributed by atoms with Crippen molar-refractivity contribution >= 4 is 23.2 Å². The summed E-state index contributed by atoms with van der Waals surface area (Å²) < 4.78 is 0. The molecule has 0 aliphatic rings. The lowest BCUT2D eigenvalue weighted by Gasteiger charge is -2.17. The minimum absolute atomic E-state index is 0.00719. The molecule has 0 aliphatic carbocycles. The average Bonchev–Trinajstić information content (AvgIpc) is 2.28. The second-order valence-corrected chi connectivity index (χ2v) is 4.84. The summed E-state index contributed by atoms with van der Waals surface area (Å²) in [6.07, 6.45) is 0. The SMILES string of the molecule is CC(C)C(C)NC(=O)c1ccc(Cl)c([N+](=O)[O-])c1. The molecule has 0 aromatic heterocycles. The number of carbonyl (C=O) groups excluding carboxylic acids is 1. The summed E-state index contributed by atoms with van der Waals surface area (Å²) in [5.74, 6) is -0.0489. The molecule has 1 aromatic rings. The number of nitro groups is 1. The molecular formula is C12H15ClN2O3. The van der Waals surface area contributed by atoms with E-state index >= 15 is 0 Å². The zero-order chi connectivity index (χ0) is 13.9. The fourth-order valence-electron chi connectivity index (χ4n) is 1.25. The molecule has 98 valence electrons. The van der Waals surface area contributed by atoms with Gasteiger partial charge >= 0.3 is 0 Å². The van der Waals surface area contributed by atoms with Crippen molar-refractivity contribution in [1.82, 2.24) is 5.32 Å². The Bertz CT molecular complexity index is 474. The highest BCUT2D eigenvalue weighted by Crippen LogP contribution is 2.25. The number of rotatable bonds is 4. The van der Waals surface area contributed by atoms with E-state index in [0.717, 1.165) is 0 Å². The van der Waals surface area contributed by atoms with Crippen LogP contribution in [0.2, 0.25) is 5.02 Å². The summed E-state index contributed by atoms with van der Waals surface area (Å²) >= 11 is 5.68. The van der Waals surface area contributed by atoms with Gasteiger partial charge in [-0.15, -0.1) is 0 Å². The van der Waals surface area contributed by atoms with Crippen molar-refractivity contribution in [3.05, 3.63) is 38.9 Å². The van der Waals surface area contributed by atoms with Crippen molar-refractivity contribution in [2.75, 3.05) is 0 Å². The fraction of sp³-hybridized carbons (Fsp3) is 0.417. The van der Waals surface area contributed by atoms with Gasteiger partial charge in [-0.2, -0.15) is 0 Å². The number of nitrogens with zero attached hydrogens (tertiary/aromatic N) is 1. The topological polar surface area (TPSA) is 72.2 Å². The van der Waals surface area contributed by atoms with Gasteiger partial charge in [-0.3, -0.25) is 14.9 Å². The third kappa shape index (κ3) is 3.43. The lowest BCUT2D eigenvalue weighted by Crippen LogP contribution is -2.36. The fourth-order valence-corrected chi connectivity index (χ4v) is 1.44. The first-order valence-corrected chi connectivity index (χ1v) is 5.95. The van der Waals surface area contributed by atoms with Gasteiger partial charge in [0.2, 0.25) is 0 Å². The number of nitrogens with one attached hydrogen (secondary N) is 1. The van der Waals surface area contributed by atoms with Gasteiger partial charge in [0, 0.05) is 17.7 Å². The lowest BCUT2D eigenvalue weighted by molar-refractivity contribution is -0.384. The molecule has 1 rings (SSSR count). The number of halogens is 1. The molecular weight excluding hydrogens is 256 g/mol. The van der Waals surface area contributed by atoms with Crippen LogP contribution in [0.15, 0.2) is 18.2 Å². The number of carbonyl (C=O) groups is 1. The van der Waals surface area contributed by atoms with Crippen molar-refractivity contribution in [2.24, 2.45) is 5.92 Å². The molecule has 0 radical (unpaired) electrons. The van der Waals surface area contributed by atoms with Crippen LogP contribution in [-0.2, 0) is 0 Å². The number of hydrogen-bond acceptors (Lipinski definition) is 3. The molecule has 1 N–H and O–H groups in total. The van der Waals surface area contributed by atoms with Crippen molar-refractivity contribution in [3.8, 4) is 0 Å². The maximum Gasteiger partial charge on any atom is 0.288 e. The third-order valence-electron chi connectivity index (χ3n) is 2.76. The van der Waals surface area contributed by atoms with Crippen LogP contribution in [0.4, 0.5) is 5.69 Å². The smallest absolute Gasteiger partial charge is 0.288 e. The van der Waals surface area contributed by atoms with Gasteiger partial charge in [0.05, 0.1) is 4.92 Å². The zero-order valence-electron chi connectivity index (χ0n) is 10.4. The standard InChI is InChI=1S/C12H15ClN2O3/c1-7(2)8(3)14-12(16)9-4-5-10(13)11(6-9)15(17)18/h4-8H,1-3H3,(H,14,16). The molecule has 0 saturated carbocycles. The number of benzene rings is 1. The first kappa shape index (κ1) is 14.4. The monoisotopic (exact) mass is 270 g/mol. The Morgan fingerprint density at radius 2 is 2.00 bits per heavy atom. The molecule has 5 nitrogen and oxygen atoms in total. The van der Waals surface area contributed by atoms with E-state index in [4.69, 9.17) is 11.6 Å². The number of amides is 1. The first-order chi connectivity index (χ1) is 8.32. The average molecular weight is 271 g/mol. The molecule has 6 heteroatoms. The maximum absolute atomic E-state index is 11.9. The van der Waals surface area contributed by atoms with Gasteiger partial charge in [0.15, 0.2) is 0 Å². The molecule has 1 amide bonds. The first-order valence-electron chi connectivity index (χ1n) is 5.57. The van der Waals surface area contributed by atoms with E-state index in [-0.39, 0.29) is 34.1 Å². The van der Waals surface area contributed by atoms with Gasteiger partial charge in [-0.25, -0.2) is 0 Å². The van der Waals surface area contributed by atoms with Crippen molar-refractivity contribution < 1.29 is 9.72 Å². The Kier molecular flexibility index (Phi) is 4.67. The summed E-state index contributed by atoms with van der Waals surface area (Å²) in [6.45, 7) is 5.84. The summed E-state index contributed by atoms with van der Waals surface area (Å²) in [4.78, 5) is 22.0. The highest BCUT2D eigenvalue weighted by atomic mass is 35.5. The van der Waals surface area contributed by atoms with Crippen LogP contribution in [0.5, 0.6) is 0 Å². The molecule has 0 bridgehead atoms. The molecule has 1 unspecified atom stereocenters. The molecule has 0 saturated heterocycles. The van der Waals surface area contributed by atoms with E-state index in [9.17, 15) is 14.9 Å². The minimum Gasteiger partial charge on any atom is -0.349 e. The predicted molar refractivity (Wildman–Crippen MR) is 69.9 cm³/mol. The Labute approximate surface area is 110 Å². The second-order valence-electron chi connectivity index (χ2n) is 4.43. The molecule has 0 aliphatic heterocycles. The van der Waals surface area contributed by atoms with E-state index in [1.54, 1.807) is 0 Å². The van der Waals surface area contributed by atoms with E-state index in [0.29, 0.717) is 0 Å². The highest BCUT2D eigenvalue weighted by molar-refractivity contribution is 6.32. The Hall–Kier alpha value is -1.62. The van der Waals surface area contributed by atoms with Gasteiger partial charge < -0.3 is 5.32 Å². The molecule has 0 fully saturated rings. The number of nitro benzene ring substituents is 1. The summed E-state index contributed by atoms with van der Waals surface area (Å²) in [6, 6.07) is 4.00. The Morgan fingerprint density at radius 1 is 1.39 bits per heavy atom. The van der Waals surface area contributed by atoms with Gasteiger partial charge in [-0.05, 0) is 25.0 Å². The van der Waals surface area contributed by atoms with Gasteiger partial charge in [-0.1, -0.05) is 25.4 Å². The summed E-state index contributed by atoms with van der Waals surface area (Å²) in [5.41, 5.74) is -0.0277. The summed E-state index contributed by atoms with van der Waals surface area (Å²) in [7, 11) is 0. The Balaban J connectivity index is 2.94. The normalized spacial score (nSPS) is 12.3. The summed E-state index contributed by atoms with van der Waals surface area (Å²) in [5, 5.41) is 13.5. The van der Waals surface area contributed by atoms with E-state index in [1.165, 1.54) is 18.2 Å². The van der Waals surface area contributed by atoms with E-state index in [1.807, 2.05) is 20.8 Å². The van der Waals surface area contributed by atoms with Crippen molar-refractivity contribution in [2.45, 2.75) is 26.8 Å². The van der Waals surface area contributed by atoms with Crippen LogP contribution in [0, 0.1) is 16.0 Å². The molecule has 0 heterocycles. The quantitative estimate of drug-likeness (QED) is 0.675. The van der Waals surface area contributed by atoms with Crippen LogP contribution in [-0.4, -0.2) is 16.9 Å². The van der Waals surface area contributed by atoms with Gasteiger partial charge in [0.1, 0.15) is 5.02 Å².